The van der Waals surface area contributed by atoms with Gasteiger partial charge in [-0.2, -0.15) is 0 Å². The fourth-order valence-electron chi connectivity index (χ4n) is 3.24. The summed E-state index contributed by atoms with van der Waals surface area (Å²) in [6.07, 6.45) is 3.22. The van der Waals surface area contributed by atoms with E-state index in [4.69, 9.17) is 5.14 Å². The second kappa shape index (κ2) is 6.39. The first-order chi connectivity index (χ1) is 13.3. The Morgan fingerprint density at radius 2 is 1.61 bits per heavy atom. The summed E-state index contributed by atoms with van der Waals surface area (Å²) in [5.41, 5.74) is 3.46. The van der Waals surface area contributed by atoms with E-state index in [0.717, 1.165) is 11.1 Å². The van der Waals surface area contributed by atoms with Crippen molar-refractivity contribution in [3.05, 3.63) is 65.2 Å². The number of hydrogen-bond acceptors (Lipinski definition) is 5. The molecule has 4 aromatic rings. The average Bonchev–Trinajstić information content (AvgIpc) is 2.91. The Labute approximate surface area is 160 Å². The monoisotopic (exact) mass is 395 g/mol. The normalized spacial score (nSPS) is 11.8. The van der Waals surface area contributed by atoms with Gasteiger partial charge in [-0.25, -0.2) is 13.6 Å². The van der Waals surface area contributed by atoms with Gasteiger partial charge in [-0.15, -0.1) is 0 Å². The number of fused-ring (bicyclic) bond motifs is 1. The van der Waals surface area contributed by atoms with Crippen molar-refractivity contribution in [3.8, 4) is 22.4 Å². The molecule has 142 valence electrons. The van der Waals surface area contributed by atoms with Crippen LogP contribution in [0, 0.1) is 0 Å². The molecule has 9 heteroatoms. The molecule has 2 aromatic carbocycles. The fourth-order valence-corrected chi connectivity index (χ4v) is 3.80. The molecule has 0 spiro atoms. The van der Waals surface area contributed by atoms with E-state index < -0.39 is 10.0 Å². The van der Waals surface area contributed by atoms with E-state index in [1.54, 1.807) is 43.3 Å². The Balaban J connectivity index is 2.02. The van der Waals surface area contributed by atoms with E-state index in [9.17, 15) is 13.2 Å². The number of aromatic nitrogens is 4. The minimum Gasteiger partial charge on any atom is -0.285 e. The molecule has 2 heterocycles. The Morgan fingerprint density at radius 1 is 0.893 bits per heavy atom. The molecule has 8 nitrogen and oxygen atoms in total. The smallest absolute Gasteiger partial charge is 0.274 e. The summed E-state index contributed by atoms with van der Waals surface area (Å²) in [5, 5.41) is 5.26. The lowest BCUT2D eigenvalue weighted by molar-refractivity contribution is 0.584. The van der Waals surface area contributed by atoms with Gasteiger partial charge in [0.1, 0.15) is 0 Å². The largest absolute Gasteiger partial charge is 0.285 e. The molecular weight excluding hydrogens is 378 g/mol. The van der Waals surface area contributed by atoms with E-state index in [1.165, 1.54) is 16.8 Å². The van der Waals surface area contributed by atoms with Crippen molar-refractivity contribution in [1.82, 2.24) is 19.3 Å². The molecule has 0 fully saturated rings. The van der Waals surface area contributed by atoms with E-state index in [-0.39, 0.29) is 10.5 Å². The molecule has 0 saturated heterocycles. The van der Waals surface area contributed by atoms with Gasteiger partial charge in [0.15, 0.2) is 0 Å². The minimum atomic E-state index is -3.89. The number of sulfonamides is 1. The fraction of sp³-hybridized carbons (Fsp3) is 0.105. The number of benzene rings is 2. The zero-order valence-corrected chi connectivity index (χ0v) is 16.0. The maximum absolute atomic E-state index is 12.9. The summed E-state index contributed by atoms with van der Waals surface area (Å²) in [7, 11) is -0.469. The summed E-state index contributed by atoms with van der Waals surface area (Å²) in [4.78, 5) is 21.5. The predicted octanol–water partition coefficient (Wildman–Crippen LogP) is 1.65. The minimum absolute atomic E-state index is 0.0498. The van der Waals surface area contributed by atoms with Crippen LogP contribution in [0.2, 0.25) is 0 Å². The van der Waals surface area contributed by atoms with Crippen LogP contribution in [0.4, 0.5) is 0 Å². The highest BCUT2D eigenvalue weighted by atomic mass is 32.2. The topological polar surface area (TPSA) is 113 Å². The maximum Gasteiger partial charge on any atom is 0.274 e. The van der Waals surface area contributed by atoms with Crippen LogP contribution in [0.25, 0.3) is 33.4 Å². The van der Waals surface area contributed by atoms with Gasteiger partial charge in [0.2, 0.25) is 10.0 Å². The second-order valence-electron chi connectivity index (χ2n) is 6.41. The van der Waals surface area contributed by atoms with Crippen LogP contribution in [-0.2, 0) is 24.1 Å². The number of primary sulfonamides is 1. The SMILES string of the molecule is Cn1c(-c2ccc3nccnc3c2)c(-c2cccc(S(N)(=O)=O)c2)c(=O)n1C. The van der Waals surface area contributed by atoms with Crippen molar-refractivity contribution < 1.29 is 8.42 Å². The predicted molar refractivity (Wildman–Crippen MR) is 106 cm³/mol. The standard InChI is InChI=1S/C19H17N5O3S/c1-23-18(13-6-7-15-16(11-13)22-9-8-21-15)17(19(25)24(23)2)12-4-3-5-14(10-12)28(20,26)27/h3-11H,1-2H3,(H2,20,26,27). The van der Waals surface area contributed by atoms with Crippen molar-refractivity contribution in [2.45, 2.75) is 4.90 Å². The summed E-state index contributed by atoms with van der Waals surface area (Å²) in [6, 6.07) is 11.6. The number of rotatable bonds is 3. The molecule has 0 saturated carbocycles. The van der Waals surface area contributed by atoms with Crippen LogP contribution in [0.5, 0.6) is 0 Å². The van der Waals surface area contributed by atoms with E-state index in [0.29, 0.717) is 22.3 Å². The summed E-state index contributed by atoms with van der Waals surface area (Å²) >= 11 is 0. The summed E-state index contributed by atoms with van der Waals surface area (Å²) < 4.78 is 26.7. The van der Waals surface area contributed by atoms with Crippen molar-refractivity contribution >= 4 is 21.1 Å². The molecule has 0 aliphatic heterocycles. The Hall–Kier alpha value is -3.30. The molecule has 2 N–H and O–H groups in total. The molecule has 0 amide bonds. The Kier molecular flexibility index (Phi) is 4.13. The van der Waals surface area contributed by atoms with Crippen LogP contribution in [0.15, 0.2) is 64.5 Å². The highest BCUT2D eigenvalue weighted by Gasteiger charge is 2.21. The molecule has 0 atom stereocenters. The first-order valence-corrected chi connectivity index (χ1v) is 9.92. The van der Waals surface area contributed by atoms with Gasteiger partial charge in [0, 0.05) is 32.1 Å². The quantitative estimate of drug-likeness (QED) is 0.567. The van der Waals surface area contributed by atoms with Gasteiger partial charge in [0.05, 0.1) is 27.2 Å². The number of nitrogens with zero attached hydrogens (tertiary/aromatic N) is 4. The van der Waals surface area contributed by atoms with Gasteiger partial charge in [-0.3, -0.25) is 24.1 Å². The third kappa shape index (κ3) is 2.90. The maximum atomic E-state index is 12.9. The van der Waals surface area contributed by atoms with E-state index in [2.05, 4.69) is 9.97 Å². The van der Waals surface area contributed by atoms with Gasteiger partial charge in [-0.1, -0.05) is 18.2 Å². The lowest BCUT2D eigenvalue weighted by atomic mass is 10.0. The number of hydrogen-bond donors (Lipinski definition) is 1. The molecule has 0 aliphatic carbocycles. The molecular formula is C19H17N5O3S. The molecule has 0 unspecified atom stereocenters. The average molecular weight is 395 g/mol. The van der Waals surface area contributed by atoms with Crippen molar-refractivity contribution in [1.29, 1.82) is 0 Å². The number of nitrogens with two attached hydrogens (primary N) is 1. The van der Waals surface area contributed by atoms with Crippen molar-refractivity contribution in [3.63, 3.8) is 0 Å². The van der Waals surface area contributed by atoms with E-state index >= 15 is 0 Å². The van der Waals surface area contributed by atoms with E-state index in [1.807, 2.05) is 18.2 Å². The first kappa shape index (κ1) is 18.1. The summed E-state index contributed by atoms with van der Waals surface area (Å²) in [5.74, 6) is 0. The van der Waals surface area contributed by atoms with Crippen molar-refractivity contribution in [2.75, 3.05) is 0 Å². The molecule has 0 bridgehead atoms. The van der Waals surface area contributed by atoms with Gasteiger partial charge in [0.25, 0.3) is 5.56 Å². The second-order valence-corrected chi connectivity index (χ2v) is 7.97. The van der Waals surface area contributed by atoms with Gasteiger partial charge in [-0.05, 0) is 29.8 Å². The summed E-state index contributed by atoms with van der Waals surface area (Å²) in [6.45, 7) is 0. The molecule has 28 heavy (non-hydrogen) atoms. The zero-order valence-electron chi connectivity index (χ0n) is 15.2. The Bertz CT molecular complexity index is 1390. The van der Waals surface area contributed by atoms with Crippen LogP contribution in [-0.4, -0.2) is 27.7 Å². The van der Waals surface area contributed by atoms with Crippen LogP contribution in [0.3, 0.4) is 0 Å². The molecule has 4 rings (SSSR count). The van der Waals surface area contributed by atoms with Gasteiger partial charge >= 0.3 is 0 Å². The third-order valence-electron chi connectivity index (χ3n) is 4.71. The lowest BCUT2D eigenvalue weighted by Gasteiger charge is -2.09. The highest BCUT2D eigenvalue weighted by molar-refractivity contribution is 7.89. The lowest BCUT2D eigenvalue weighted by Crippen LogP contribution is -2.18. The van der Waals surface area contributed by atoms with Crippen LogP contribution in [0.1, 0.15) is 0 Å². The first-order valence-electron chi connectivity index (χ1n) is 8.38. The van der Waals surface area contributed by atoms with Gasteiger partial charge < -0.3 is 0 Å². The van der Waals surface area contributed by atoms with Crippen LogP contribution >= 0.6 is 0 Å². The highest BCUT2D eigenvalue weighted by Crippen LogP contribution is 2.31. The molecule has 0 radical (unpaired) electrons. The third-order valence-corrected chi connectivity index (χ3v) is 5.62. The van der Waals surface area contributed by atoms with Crippen LogP contribution < -0.4 is 10.7 Å². The molecule has 2 aromatic heterocycles. The van der Waals surface area contributed by atoms with Crippen molar-refractivity contribution in [2.24, 2.45) is 19.2 Å². The zero-order chi connectivity index (χ0) is 20.1. The molecule has 0 aliphatic rings. The Morgan fingerprint density at radius 3 is 2.32 bits per heavy atom.